The van der Waals surface area contributed by atoms with Gasteiger partial charge in [0.15, 0.2) is 0 Å². The summed E-state index contributed by atoms with van der Waals surface area (Å²) in [7, 11) is 0. The van der Waals surface area contributed by atoms with Crippen LogP contribution in [-0.2, 0) is 13.2 Å². The number of aromatic nitrogens is 1. The highest BCUT2D eigenvalue weighted by molar-refractivity contribution is 5.85. The number of rotatable bonds is 2. The number of nitrogen functional groups attached to an aromatic ring is 1. The van der Waals surface area contributed by atoms with Crippen molar-refractivity contribution in [1.29, 1.82) is 0 Å². The third kappa shape index (κ3) is 3.31. The maximum atomic E-state index is 8.92. The van der Waals surface area contributed by atoms with Crippen molar-refractivity contribution in [3.05, 3.63) is 22.9 Å². The van der Waals surface area contributed by atoms with Gasteiger partial charge in [0.25, 0.3) is 0 Å². The first-order valence-electron chi connectivity index (χ1n) is 3.74. The summed E-state index contributed by atoms with van der Waals surface area (Å²) in [6.07, 6.45) is 0. The van der Waals surface area contributed by atoms with E-state index in [2.05, 4.69) is 4.98 Å². The van der Waals surface area contributed by atoms with Gasteiger partial charge in [-0.15, -0.1) is 24.8 Å². The lowest BCUT2D eigenvalue weighted by atomic mass is 10.1. The average molecular weight is 240 g/mol. The van der Waals surface area contributed by atoms with Gasteiger partial charge in [0.05, 0.1) is 12.3 Å². The molecule has 0 unspecified atom stereocenters. The highest BCUT2D eigenvalue weighted by Gasteiger charge is 2.05. The fourth-order valence-electron chi connectivity index (χ4n) is 1.20. The molecular weight excluding hydrogens is 225 g/mol. The van der Waals surface area contributed by atoms with E-state index in [1.165, 1.54) is 0 Å². The number of nitrogens with zero attached hydrogens (tertiary/aromatic N) is 1. The molecule has 0 saturated carbocycles. The van der Waals surface area contributed by atoms with Crippen molar-refractivity contribution >= 4 is 30.6 Å². The summed E-state index contributed by atoms with van der Waals surface area (Å²) in [4.78, 5) is 3.97. The van der Waals surface area contributed by atoms with Crippen LogP contribution in [0.3, 0.4) is 0 Å². The van der Waals surface area contributed by atoms with Crippen molar-refractivity contribution in [3.63, 3.8) is 0 Å². The Balaban J connectivity index is 0. The van der Waals surface area contributed by atoms with Crippen LogP contribution >= 0.6 is 24.8 Å². The maximum absolute atomic E-state index is 8.92. The third-order valence-corrected chi connectivity index (χ3v) is 1.81. The molecule has 5 N–H and O–H groups in total. The SMILES string of the molecule is Cc1cc(N)nc(CO)c1CN.Cl.Cl. The smallest absolute Gasteiger partial charge is 0.124 e. The van der Waals surface area contributed by atoms with Gasteiger partial charge in [-0.25, -0.2) is 4.98 Å². The maximum Gasteiger partial charge on any atom is 0.124 e. The van der Waals surface area contributed by atoms with Crippen molar-refractivity contribution in [1.82, 2.24) is 4.98 Å². The minimum atomic E-state index is -0.113. The van der Waals surface area contributed by atoms with Crippen molar-refractivity contribution in [3.8, 4) is 0 Å². The first kappa shape index (κ1) is 15.9. The van der Waals surface area contributed by atoms with Gasteiger partial charge in [0.2, 0.25) is 0 Å². The van der Waals surface area contributed by atoms with Crippen LogP contribution < -0.4 is 11.5 Å². The molecule has 0 atom stereocenters. The summed E-state index contributed by atoms with van der Waals surface area (Å²) in [6.45, 7) is 2.17. The second-order valence-corrected chi connectivity index (χ2v) is 2.65. The highest BCUT2D eigenvalue weighted by Crippen LogP contribution is 2.14. The minimum absolute atomic E-state index is 0. The van der Waals surface area contributed by atoms with Gasteiger partial charge in [0.1, 0.15) is 5.82 Å². The summed E-state index contributed by atoms with van der Waals surface area (Å²) in [5.41, 5.74) is 13.4. The van der Waals surface area contributed by atoms with Crippen LogP contribution in [0.5, 0.6) is 0 Å². The second kappa shape index (κ2) is 6.84. The molecule has 0 radical (unpaired) electrons. The largest absolute Gasteiger partial charge is 0.390 e. The van der Waals surface area contributed by atoms with Crippen molar-refractivity contribution in [2.45, 2.75) is 20.1 Å². The lowest BCUT2D eigenvalue weighted by Crippen LogP contribution is -2.08. The lowest BCUT2D eigenvalue weighted by Gasteiger charge is -2.08. The molecule has 0 amide bonds. The first-order chi connectivity index (χ1) is 5.69. The Kier molecular flexibility index (Phi) is 7.77. The molecule has 1 heterocycles. The van der Waals surface area contributed by atoms with Crippen molar-refractivity contribution in [2.24, 2.45) is 5.73 Å². The molecule has 0 fully saturated rings. The van der Waals surface area contributed by atoms with E-state index < -0.39 is 0 Å². The molecule has 82 valence electrons. The van der Waals surface area contributed by atoms with Crippen molar-refractivity contribution in [2.75, 3.05) is 5.73 Å². The minimum Gasteiger partial charge on any atom is -0.390 e. The van der Waals surface area contributed by atoms with Gasteiger partial charge in [-0.3, -0.25) is 0 Å². The van der Waals surface area contributed by atoms with Gasteiger partial charge in [-0.2, -0.15) is 0 Å². The molecule has 4 nitrogen and oxygen atoms in total. The van der Waals surface area contributed by atoms with Crippen LogP contribution in [0, 0.1) is 6.92 Å². The predicted molar refractivity (Wildman–Crippen MR) is 61.7 cm³/mol. The fraction of sp³-hybridized carbons (Fsp3) is 0.375. The molecule has 14 heavy (non-hydrogen) atoms. The Labute approximate surface area is 95.5 Å². The number of nitrogens with two attached hydrogens (primary N) is 2. The van der Waals surface area contributed by atoms with Crippen molar-refractivity contribution < 1.29 is 5.11 Å². The van der Waals surface area contributed by atoms with E-state index in [1.54, 1.807) is 6.07 Å². The van der Waals surface area contributed by atoms with E-state index in [4.69, 9.17) is 16.6 Å². The van der Waals surface area contributed by atoms with E-state index in [0.717, 1.165) is 11.1 Å². The van der Waals surface area contributed by atoms with Crippen LogP contribution in [-0.4, -0.2) is 10.1 Å². The molecule has 1 aromatic heterocycles. The molecule has 6 heteroatoms. The molecule has 1 rings (SSSR count). The number of hydrogen-bond acceptors (Lipinski definition) is 4. The summed E-state index contributed by atoms with van der Waals surface area (Å²) >= 11 is 0. The summed E-state index contributed by atoms with van der Waals surface area (Å²) < 4.78 is 0. The molecule has 0 spiro atoms. The van der Waals surface area contributed by atoms with E-state index >= 15 is 0 Å². The first-order valence-corrected chi connectivity index (χ1v) is 3.74. The van der Waals surface area contributed by atoms with Crippen LogP contribution in [0.1, 0.15) is 16.8 Å². The van der Waals surface area contributed by atoms with Crippen LogP contribution in [0.4, 0.5) is 5.82 Å². The van der Waals surface area contributed by atoms with E-state index in [1.807, 2.05) is 6.92 Å². The average Bonchev–Trinajstić information content (AvgIpc) is 2.03. The number of halogens is 2. The molecular formula is C8H15Cl2N3O. The number of aliphatic hydroxyl groups excluding tert-OH is 1. The standard InChI is InChI=1S/C8H13N3O.2ClH/c1-5-2-8(10)11-7(4-12)6(5)3-9;;/h2,12H,3-4,9H2,1H3,(H2,10,11);2*1H. The normalized spacial score (nSPS) is 8.79. The molecule has 0 aliphatic rings. The Bertz CT molecular complexity index is 294. The fourth-order valence-corrected chi connectivity index (χ4v) is 1.20. The van der Waals surface area contributed by atoms with Gasteiger partial charge in [-0.05, 0) is 24.1 Å². The van der Waals surface area contributed by atoms with E-state index in [0.29, 0.717) is 18.1 Å². The van der Waals surface area contributed by atoms with Gasteiger partial charge >= 0.3 is 0 Å². The topological polar surface area (TPSA) is 85.2 Å². The van der Waals surface area contributed by atoms with Gasteiger partial charge in [-0.1, -0.05) is 0 Å². The Morgan fingerprint density at radius 1 is 1.43 bits per heavy atom. The summed E-state index contributed by atoms with van der Waals surface area (Å²) in [6, 6.07) is 1.75. The van der Waals surface area contributed by atoms with Gasteiger partial charge in [0, 0.05) is 6.54 Å². The van der Waals surface area contributed by atoms with Crippen LogP contribution in [0.25, 0.3) is 0 Å². The molecule has 0 saturated heterocycles. The lowest BCUT2D eigenvalue weighted by molar-refractivity contribution is 0.275. The Hall–Kier alpha value is -0.550. The quantitative estimate of drug-likeness (QED) is 0.712. The van der Waals surface area contributed by atoms with Gasteiger partial charge < -0.3 is 16.6 Å². The molecule has 1 aromatic rings. The third-order valence-electron chi connectivity index (χ3n) is 1.81. The zero-order valence-electron chi connectivity index (χ0n) is 7.86. The number of aliphatic hydroxyl groups is 1. The number of hydrogen-bond donors (Lipinski definition) is 3. The van der Waals surface area contributed by atoms with E-state index in [-0.39, 0.29) is 31.4 Å². The highest BCUT2D eigenvalue weighted by atomic mass is 35.5. The number of pyridine rings is 1. The molecule has 0 aliphatic carbocycles. The monoisotopic (exact) mass is 239 g/mol. The predicted octanol–water partition coefficient (Wildman–Crippen LogP) is 0.767. The summed E-state index contributed by atoms with van der Waals surface area (Å²) in [5.74, 6) is 0.425. The molecule has 0 aliphatic heterocycles. The van der Waals surface area contributed by atoms with E-state index in [9.17, 15) is 0 Å². The number of anilines is 1. The Morgan fingerprint density at radius 3 is 2.43 bits per heavy atom. The Morgan fingerprint density at radius 2 is 2.00 bits per heavy atom. The zero-order valence-corrected chi connectivity index (χ0v) is 9.49. The second-order valence-electron chi connectivity index (χ2n) is 2.65. The van der Waals surface area contributed by atoms with Crippen LogP contribution in [0.15, 0.2) is 6.07 Å². The summed E-state index contributed by atoms with van der Waals surface area (Å²) in [5, 5.41) is 8.92. The van der Waals surface area contributed by atoms with Crippen LogP contribution in [0.2, 0.25) is 0 Å². The molecule has 0 bridgehead atoms. The zero-order chi connectivity index (χ0) is 9.14. The number of aryl methyl sites for hydroxylation is 1. The molecule has 0 aromatic carbocycles.